The first-order valence-corrected chi connectivity index (χ1v) is 9.91. The van der Waals surface area contributed by atoms with E-state index in [2.05, 4.69) is 10.3 Å². The molecular formula is C23H21FN4O4. The van der Waals surface area contributed by atoms with Crippen LogP contribution < -0.4 is 10.2 Å². The van der Waals surface area contributed by atoms with Crippen molar-refractivity contribution in [2.75, 3.05) is 12.0 Å². The number of amides is 2. The van der Waals surface area contributed by atoms with Crippen molar-refractivity contribution in [2.24, 2.45) is 0 Å². The van der Waals surface area contributed by atoms with E-state index in [0.717, 1.165) is 5.56 Å². The number of hydrogen-bond donors (Lipinski definition) is 1. The summed E-state index contributed by atoms with van der Waals surface area (Å²) in [7, 11) is 1.19. The molecule has 3 aromatic rings. The molecule has 4 rings (SSSR count). The first kappa shape index (κ1) is 21.2. The van der Waals surface area contributed by atoms with Crippen LogP contribution in [-0.4, -0.2) is 40.0 Å². The standard InChI is InChI=1S/C23H21FN4O4/c1-23(22(31)25-12-15-6-4-3-5-7-15)13-27-14-26-18(21(30)32-2)19(27)20(29)28(23)17-10-8-16(24)9-11-17/h3-11,14H,12-13H2,1-2H3,(H,25,31)/t23-/m0/s1. The SMILES string of the molecule is COC(=O)c1ncn2c1C(=O)N(c1ccc(F)cc1)[C@](C)(C(=O)NCc1ccccc1)C2. The van der Waals surface area contributed by atoms with E-state index in [4.69, 9.17) is 4.74 Å². The fraction of sp³-hybridized carbons (Fsp3) is 0.217. The summed E-state index contributed by atoms with van der Waals surface area (Å²) in [5, 5.41) is 2.88. The summed E-state index contributed by atoms with van der Waals surface area (Å²) in [6.07, 6.45) is 1.34. The van der Waals surface area contributed by atoms with Gasteiger partial charge in [0.25, 0.3) is 5.91 Å². The van der Waals surface area contributed by atoms with Gasteiger partial charge in [-0.05, 0) is 36.8 Å². The van der Waals surface area contributed by atoms with Gasteiger partial charge in [0.1, 0.15) is 17.1 Å². The van der Waals surface area contributed by atoms with E-state index >= 15 is 0 Å². The van der Waals surface area contributed by atoms with E-state index < -0.39 is 29.1 Å². The molecule has 0 fully saturated rings. The van der Waals surface area contributed by atoms with Crippen molar-refractivity contribution in [1.82, 2.24) is 14.9 Å². The lowest BCUT2D eigenvalue weighted by atomic mass is 9.93. The Labute approximate surface area is 183 Å². The maximum Gasteiger partial charge on any atom is 0.359 e. The van der Waals surface area contributed by atoms with Gasteiger partial charge in [-0.1, -0.05) is 30.3 Å². The minimum absolute atomic E-state index is 0.00880. The van der Waals surface area contributed by atoms with Crippen LogP contribution in [0.25, 0.3) is 0 Å². The average molecular weight is 436 g/mol. The average Bonchev–Trinajstić information content (AvgIpc) is 3.22. The molecule has 0 saturated heterocycles. The van der Waals surface area contributed by atoms with Crippen LogP contribution >= 0.6 is 0 Å². The normalized spacial score (nSPS) is 17.6. The largest absolute Gasteiger partial charge is 0.464 e. The number of imidazole rings is 1. The molecule has 0 spiro atoms. The van der Waals surface area contributed by atoms with Gasteiger partial charge in [0.05, 0.1) is 20.0 Å². The number of nitrogens with one attached hydrogen (secondary N) is 1. The van der Waals surface area contributed by atoms with Crippen LogP contribution in [-0.2, 0) is 22.6 Å². The van der Waals surface area contributed by atoms with Gasteiger partial charge in [-0.25, -0.2) is 14.2 Å². The van der Waals surface area contributed by atoms with E-state index in [1.165, 1.54) is 47.2 Å². The summed E-state index contributed by atoms with van der Waals surface area (Å²) < 4.78 is 19.8. The molecule has 1 aromatic heterocycles. The van der Waals surface area contributed by atoms with Gasteiger partial charge in [0.15, 0.2) is 5.69 Å². The van der Waals surface area contributed by atoms with Gasteiger partial charge in [0, 0.05) is 12.2 Å². The predicted octanol–water partition coefficient (Wildman–Crippen LogP) is 2.54. The number of carbonyl (C=O) groups is 3. The Bertz CT molecular complexity index is 1180. The Morgan fingerprint density at radius 1 is 1.16 bits per heavy atom. The van der Waals surface area contributed by atoms with Crippen molar-refractivity contribution in [3.8, 4) is 0 Å². The van der Waals surface area contributed by atoms with Crippen molar-refractivity contribution < 1.29 is 23.5 Å². The van der Waals surface area contributed by atoms with Gasteiger partial charge in [-0.2, -0.15) is 0 Å². The fourth-order valence-corrected chi connectivity index (χ4v) is 3.84. The maximum absolute atomic E-state index is 13.6. The van der Waals surface area contributed by atoms with Crippen molar-refractivity contribution in [1.29, 1.82) is 0 Å². The number of benzene rings is 2. The lowest BCUT2D eigenvalue weighted by Crippen LogP contribution is -2.64. The quantitative estimate of drug-likeness (QED) is 0.621. The zero-order valence-corrected chi connectivity index (χ0v) is 17.5. The zero-order chi connectivity index (χ0) is 22.9. The smallest absolute Gasteiger partial charge is 0.359 e. The molecule has 0 aliphatic carbocycles. The minimum atomic E-state index is -1.37. The van der Waals surface area contributed by atoms with Crippen LogP contribution in [0.4, 0.5) is 10.1 Å². The highest BCUT2D eigenvalue weighted by atomic mass is 19.1. The third-order valence-corrected chi connectivity index (χ3v) is 5.46. The van der Waals surface area contributed by atoms with Crippen LogP contribution in [0.2, 0.25) is 0 Å². The number of carbonyl (C=O) groups excluding carboxylic acids is 3. The zero-order valence-electron chi connectivity index (χ0n) is 17.5. The summed E-state index contributed by atoms with van der Waals surface area (Å²) in [6.45, 7) is 1.93. The van der Waals surface area contributed by atoms with Crippen LogP contribution in [0.5, 0.6) is 0 Å². The van der Waals surface area contributed by atoms with E-state index in [-0.39, 0.29) is 24.5 Å². The molecule has 8 nitrogen and oxygen atoms in total. The molecule has 1 aliphatic rings. The molecule has 1 atom stereocenters. The Hall–Kier alpha value is -4.01. The molecule has 1 aliphatic heterocycles. The van der Waals surface area contributed by atoms with E-state index in [0.29, 0.717) is 5.69 Å². The van der Waals surface area contributed by atoms with E-state index in [1.807, 2.05) is 30.3 Å². The molecule has 1 N–H and O–H groups in total. The van der Waals surface area contributed by atoms with Crippen LogP contribution in [0.15, 0.2) is 60.9 Å². The first-order valence-electron chi connectivity index (χ1n) is 9.91. The highest BCUT2D eigenvalue weighted by Crippen LogP contribution is 2.34. The second-order valence-corrected chi connectivity index (χ2v) is 7.62. The Morgan fingerprint density at radius 2 is 1.84 bits per heavy atom. The summed E-state index contributed by atoms with van der Waals surface area (Å²) in [4.78, 5) is 44.4. The third kappa shape index (κ3) is 3.62. The van der Waals surface area contributed by atoms with Crippen molar-refractivity contribution >= 4 is 23.5 Å². The molecule has 2 heterocycles. The fourth-order valence-electron chi connectivity index (χ4n) is 3.84. The number of halogens is 1. The summed E-state index contributed by atoms with van der Waals surface area (Å²) >= 11 is 0. The number of nitrogens with zero attached hydrogens (tertiary/aromatic N) is 3. The van der Waals surface area contributed by atoms with Crippen molar-refractivity contribution in [3.63, 3.8) is 0 Å². The number of aromatic nitrogens is 2. The van der Waals surface area contributed by atoms with Crippen molar-refractivity contribution in [3.05, 3.63) is 83.7 Å². The maximum atomic E-state index is 13.6. The monoisotopic (exact) mass is 436 g/mol. The minimum Gasteiger partial charge on any atom is -0.464 e. The van der Waals surface area contributed by atoms with Gasteiger partial charge in [-0.15, -0.1) is 0 Å². The van der Waals surface area contributed by atoms with Gasteiger partial charge in [-0.3, -0.25) is 14.5 Å². The Morgan fingerprint density at radius 3 is 2.50 bits per heavy atom. The Kier molecular flexibility index (Phi) is 5.48. The molecule has 0 unspecified atom stereocenters. The number of esters is 1. The molecule has 2 aromatic carbocycles. The van der Waals surface area contributed by atoms with E-state index in [1.54, 1.807) is 6.92 Å². The van der Waals surface area contributed by atoms with Gasteiger partial charge < -0.3 is 14.6 Å². The number of ether oxygens (including phenoxy) is 1. The summed E-state index contributed by atoms with van der Waals surface area (Å²) in [5.74, 6) is -2.26. The number of hydrogen-bond acceptors (Lipinski definition) is 5. The molecule has 2 amide bonds. The lowest BCUT2D eigenvalue weighted by Gasteiger charge is -2.43. The highest BCUT2D eigenvalue weighted by molar-refractivity contribution is 6.15. The third-order valence-electron chi connectivity index (χ3n) is 5.46. The van der Waals surface area contributed by atoms with Crippen LogP contribution in [0.1, 0.15) is 33.5 Å². The Balaban J connectivity index is 1.75. The molecule has 32 heavy (non-hydrogen) atoms. The molecular weight excluding hydrogens is 415 g/mol. The second-order valence-electron chi connectivity index (χ2n) is 7.62. The van der Waals surface area contributed by atoms with Gasteiger partial charge >= 0.3 is 5.97 Å². The highest BCUT2D eigenvalue weighted by Gasteiger charge is 2.49. The number of fused-ring (bicyclic) bond motifs is 1. The summed E-state index contributed by atoms with van der Waals surface area (Å²) in [6, 6.07) is 14.6. The summed E-state index contributed by atoms with van der Waals surface area (Å²) in [5.41, 5.74) is -0.288. The van der Waals surface area contributed by atoms with Crippen LogP contribution in [0, 0.1) is 5.82 Å². The van der Waals surface area contributed by atoms with Crippen molar-refractivity contribution in [2.45, 2.75) is 25.6 Å². The van der Waals surface area contributed by atoms with Crippen LogP contribution in [0.3, 0.4) is 0 Å². The molecule has 164 valence electrons. The molecule has 9 heteroatoms. The molecule has 0 radical (unpaired) electrons. The van der Waals surface area contributed by atoms with Gasteiger partial charge in [0.2, 0.25) is 5.91 Å². The lowest BCUT2D eigenvalue weighted by molar-refractivity contribution is -0.126. The predicted molar refractivity (Wildman–Crippen MR) is 113 cm³/mol. The number of methoxy groups -OCH3 is 1. The first-order chi connectivity index (χ1) is 15.3. The topological polar surface area (TPSA) is 93.5 Å². The molecule has 0 bridgehead atoms. The second kappa shape index (κ2) is 8.26. The number of rotatable bonds is 5. The van der Waals surface area contributed by atoms with E-state index in [9.17, 15) is 18.8 Å². The number of anilines is 1. The molecule has 0 saturated carbocycles.